The van der Waals surface area contributed by atoms with E-state index in [0.29, 0.717) is 36.2 Å². The molecule has 0 heterocycles. The first-order valence-electron chi connectivity index (χ1n) is 6.35. The summed E-state index contributed by atoms with van der Waals surface area (Å²) in [4.78, 5) is 0.293. The molecule has 0 radical (unpaired) electrons. The highest BCUT2D eigenvalue weighted by molar-refractivity contribution is 7.89. The molecule has 4 nitrogen and oxygen atoms in total. The van der Waals surface area contributed by atoms with Crippen LogP contribution in [-0.2, 0) is 10.0 Å². The van der Waals surface area contributed by atoms with Crippen LogP contribution < -0.4 is 4.74 Å². The van der Waals surface area contributed by atoms with Crippen LogP contribution in [0.1, 0.15) is 20.3 Å². The number of nitrogens with zero attached hydrogens (tertiary/aromatic N) is 1. The fraction of sp³-hybridized carbons (Fsp3) is 0.538. The predicted molar refractivity (Wildman–Crippen MR) is 77.4 cm³/mol. The number of hydrogen-bond donors (Lipinski definition) is 0. The molecule has 1 rings (SSSR count). The molecule has 0 amide bonds. The molecule has 108 valence electrons. The van der Waals surface area contributed by atoms with Crippen molar-refractivity contribution in [3.63, 3.8) is 0 Å². The van der Waals surface area contributed by atoms with Gasteiger partial charge >= 0.3 is 0 Å². The van der Waals surface area contributed by atoms with Crippen molar-refractivity contribution in [2.75, 3.05) is 25.6 Å². The zero-order valence-corrected chi connectivity index (χ0v) is 12.9. The number of alkyl halides is 1. The normalized spacial score (nSPS) is 11.8. The average Bonchev–Trinajstić information content (AvgIpc) is 2.42. The molecule has 1 aromatic carbocycles. The van der Waals surface area contributed by atoms with Gasteiger partial charge in [-0.05, 0) is 30.7 Å². The molecule has 0 aliphatic rings. The van der Waals surface area contributed by atoms with Crippen LogP contribution in [0.5, 0.6) is 5.75 Å². The van der Waals surface area contributed by atoms with Crippen LogP contribution >= 0.6 is 11.6 Å². The van der Waals surface area contributed by atoms with Crippen molar-refractivity contribution in [1.29, 1.82) is 0 Å². The highest BCUT2D eigenvalue weighted by Crippen LogP contribution is 2.19. The van der Waals surface area contributed by atoms with Crippen LogP contribution in [-0.4, -0.2) is 38.3 Å². The largest absolute Gasteiger partial charge is 0.492 e. The zero-order valence-electron chi connectivity index (χ0n) is 11.3. The Hall–Kier alpha value is -0.780. The van der Waals surface area contributed by atoms with Crippen molar-refractivity contribution in [3.8, 4) is 5.75 Å². The predicted octanol–water partition coefficient (Wildman–Crippen LogP) is 2.72. The molecule has 0 atom stereocenters. The molecule has 1 aromatic rings. The van der Waals surface area contributed by atoms with Gasteiger partial charge in [-0.2, -0.15) is 4.31 Å². The van der Waals surface area contributed by atoms with Gasteiger partial charge in [0, 0.05) is 13.1 Å². The Kier molecular flexibility index (Phi) is 6.62. The van der Waals surface area contributed by atoms with Crippen LogP contribution in [0.2, 0.25) is 0 Å². The summed E-state index contributed by atoms with van der Waals surface area (Å²) in [7, 11) is -3.40. The standard InChI is InChI=1S/C13H20ClNO3S/c1-3-10-15(4-2)19(16,17)13-7-5-12(6-8-13)18-11-9-14/h5-8H,3-4,9-11H2,1-2H3. The lowest BCUT2D eigenvalue weighted by molar-refractivity contribution is 0.342. The van der Waals surface area contributed by atoms with Gasteiger partial charge in [-0.1, -0.05) is 13.8 Å². The molecular weight excluding hydrogens is 286 g/mol. The number of ether oxygens (including phenoxy) is 1. The molecule has 0 unspecified atom stereocenters. The van der Waals surface area contributed by atoms with E-state index >= 15 is 0 Å². The molecule has 0 saturated carbocycles. The van der Waals surface area contributed by atoms with E-state index in [2.05, 4.69) is 0 Å². The van der Waals surface area contributed by atoms with Gasteiger partial charge in [-0.3, -0.25) is 0 Å². The minimum absolute atomic E-state index is 0.293. The monoisotopic (exact) mass is 305 g/mol. The minimum Gasteiger partial charge on any atom is -0.492 e. The van der Waals surface area contributed by atoms with Crippen LogP contribution in [0.4, 0.5) is 0 Å². The van der Waals surface area contributed by atoms with Crippen molar-refractivity contribution >= 4 is 21.6 Å². The summed E-state index contributed by atoms with van der Waals surface area (Å²) in [6.07, 6.45) is 0.796. The second-order valence-corrected chi connectivity index (χ2v) is 6.32. The lowest BCUT2D eigenvalue weighted by atomic mass is 10.3. The fourth-order valence-electron chi connectivity index (χ4n) is 1.71. The van der Waals surface area contributed by atoms with Crippen molar-refractivity contribution in [2.45, 2.75) is 25.2 Å². The van der Waals surface area contributed by atoms with Crippen LogP contribution in [0, 0.1) is 0 Å². The van der Waals surface area contributed by atoms with Crippen molar-refractivity contribution in [3.05, 3.63) is 24.3 Å². The summed E-state index contributed by atoms with van der Waals surface area (Å²) in [5.74, 6) is 1.03. The van der Waals surface area contributed by atoms with E-state index in [9.17, 15) is 8.42 Å². The van der Waals surface area contributed by atoms with Gasteiger partial charge in [0.05, 0.1) is 10.8 Å². The first-order chi connectivity index (χ1) is 9.06. The van der Waals surface area contributed by atoms with Crippen LogP contribution in [0.25, 0.3) is 0 Å². The Balaban J connectivity index is 2.89. The molecule has 0 N–H and O–H groups in total. The summed E-state index contributed by atoms with van der Waals surface area (Å²) in [6, 6.07) is 6.44. The summed E-state index contributed by atoms with van der Waals surface area (Å²) in [5.41, 5.74) is 0. The van der Waals surface area contributed by atoms with Crippen LogP contribution in [0.15, 0.2) is 29.2 Å². The second kappa shape index (κ2) is 7.72. The maximum Gasteiger partial charge on any atom is 0.243 e. The van der Waals surface area contributed by atoms with E-state index in [1.165, 1.54) is 4.31 Å². The summed E-state index contributed by atoms with van der Waals surface area (Å²) in [6.45, 7) is 5.21. The molecule has 0 aromatic heterocycles. The fourth-order valence-corrected chi connectivity index (χ4v) is 3.33. The Bertz CT molecular complexity index is 473. The molecule has 0 bridgehead atoms. The molecular formula is C13H20ClNO3S. The van der Waals surface area contributed by atoms with Crippen molar-refractivity contribution in [2.24, 2.45) is 0 Å². The van der Waals surface area contributed by atoms with E-state index < -0.39 is 10.0 Å². The number of halogens is 1. The molecule has 0 saturated heterocycles. The number of rotatable bonds is 8. The van der Waals surface area contributed by atoms with E-state index in [1.54, 1.807) is 24.3 Å². The SMILES string of the molecule is CCCN(CC)S(=O)(=O)c1ccc(OCCCl)cc1. The van der Waals surface area contributed by atoms with Gasteiger partial charge in [0.2, 0.25) is 10.0 Å². The minimum atomic E-state index is -3.40. The number of hydrogen-bond acceptors (Lipinski definition) is 3. The quantitative estimate of drug-likeness (QED) is 0.694. The smallest absolute Gasteiger partial charge is 0.243 e. The third kappa shape index (κ3) is 4.37. The van der Waals surface area contributed by atoms with E-state index in [-0.39, 0.29) is 0 Å². The average molecular weight is 306 g/mol. The summed E-state index contributed by atoms with van der Waals surface area (Å²) < 4.78 is 31.5. The van der Waals surface area contributed by atoms with Crippen molar-refractivity contribution in [1.82, 2.24) is 4.31 Å². The lowest BCUT2D eigenvalue weighted by Gasteiger charge is -2.19. The van der Waals surface area contributed by atoms with Gasteiger partial charge < -0.3 is 4.74 Å². The van der Waals surface area contributed by atoms with Gasteiger partial charge in [0.25, 0.3) is 0 Å². The van der Waals surface area contributed by atoms with E-state index in [4.69, 9.17) is 16.3 Å². The maximum atomic E-state index is 12.3. The van der Waals surface area contributed by atoms with Gasteiger partial charge in [0.1, 0.15) is 12.4 Å². The van der Waals surface area contributed by atoms with Gasteiger partial charge in [-0.15, -0.1) is 11.6 Å². The zero-order chi connectivity index (χ0) is 14.3. The molecule has 0 spiro atoms. The third-order valence-electron chi connectivity index (χ3n) is 2.63. The highest BCUT2D eigenvalue weighted by Gasteiger charge is 2.21. The summed E-state index contributed by atoms with van der Waals surface area (Å²) >= 11 is 5.52. The number of benzene rings is 1. The van der Waals surface area contributed by atoms with Gasteiger partial charge in [-0.25, -0.2) is 8.42 Å². The van der Waals surface area contributed by atoms with Crippen molar-refractivity contribution < 1.29 is 13.2 Å². The van der Waals surface area contributed by atoms with E-state index in [0.717, 1.165) is 6.42 Å². The van der Waals surface area contributed by atoms with Crippen LogP contribution in [0.3, 0.4) is 0 Å². The van der Waals surface area contributed by atoms with Gasteiger partial charge in [0.15, 0.2) is 0 Å². The Morgan fingerprint density at radius 1 is 1.21 bits per heavy atom. The first-order valence-corrected chi connectivity index (χ1v) is 8.32. The van der Waals surface area contributed by atoms with E-state index in [1.807, 2.05) is 13.8 Å². The lowest BCUT2D eigenvalue weighted by Crippen LogP contribution is -2.31. The Morgan fingerprint density at radius 2 is 1.84 bits per heavy atom. The third-order valence-corrected chi connectivity index (χ3v) is 4.78. The molecule has 6 heteroatoms. The maximum absolute atomic E-state index is 12.3. The molecule has 19 heavy (non-hydrogen) atoms. The number of sulfonamides is 1. The topological polar surface area (TPSA) is 46.6 Å². The highest BCUT2D eigenvalue weighted by atomic mass is 35.5. The molecule has 0 fully saturated rings. The Labute approximate surface area is 120 Å². The Morgan fingerprint density at radius 3 is 2.32 bits per heavy atom. The first kappa shape index (κ1) is 16.3. The second-order valence-electron chi connectivity index (χ2n) is 4.01. The molecule has 0 aliphatic carbocycles. The summed E-state index contributed by atoms with van der Waals surface area (Å²) in [5, 5.41) is 0. The molecule has 0 aliphatic heterocycles.